The molecule has 0 aliphatic heterocycles. The Balaban J connectivity index is 1.95. The van der Waals surface area contributed by atoms with Crippen LogP contribution in [0, 0.1) is 0 Å². The summed E-state index contributed by atoms with van der Waals surface area (Å²) < 4.78 is 2.06. The first kappa shape index (κ1) is 17.2. The van der Waals surface area contributed by atoms with Crippen LogP contribution in [0.25, 0.3) is 28.3 Å². The molecule has 27 heavy (non-hydrogen) atoms. The van der Waals surface area contributed by atoms with Crippen LogP contribution in [0.15, 0.2) is 54.9 Å². The third-order valence-electron chi connectivity index (χ3n) is 4.62. The SMILES string of the molecule is CCc1ccc(-c2nc3cc(CNC)ccn3c2-c2ccnc(N)n2)cc1. The molecule has 0 spiro atoms. The maximum absolute atomic E-state index is 5.84. The summed E-state index contributed by atoms with van der Waals surface area (Å²) >= 11 is 0. The second-order valence-corrected chi connectivity index (χ2v) is 6.45. The molecular formula is C21H22N6. The van der Waals surface area contributed by atoms with Crippen molar-refractivity contribution in [2.75, 3.05) is 12.8 Å². The van der Waals surface area contributed by atoms with Gasteiger partial charge in [0.1, 0.15) is 5.65 Å². The van der Waals surface area contributed by atoms with Crippen molar-refractivity contribution in [2.45, 2.75) is 19.9 Å². The van der Waals surface area contributed by atoms with Crippen molar-refractivity contribution in [3.63, 3.8) is 0 Å². The average Bonchev–Trinajstić information content (AvgIpc) is 3.07. The number of aryl methyl sites for hydroxylation is 1. The van der Waals surface area contributed by atoms with Crippen LogP contribution in [0.5, 0.6) is 0 Å². The van der Waals surface area contributed by atoms with Crippen LogP contribution in [0.2, 0.25) is 0 Å². The van der Waals surface area contributed by atoms with Crippen LogP contribution in [0.1, 0.15) is 18.1 Å². The Morgan fingerprint density at radius 1 is 1.04 bits per heavy atom. The smallest absolute Gasteiger partial charge is 0.220 e. The lowest BCUT2D eigenvalue weighted by atomic mass is 10.1. The minimum Gasteiger partial charge on any atom is -0.368 e. The summed E-state index contributed by atoms with van der Waals surface area (Å²) in [4.78, 5) is 13.4. The lowest BCUT2D eigenvalue weighted by Gasteiger charge is -2.07. The molecule has 0 saturated heterocycles. The zero-order valence-electron chi connectivity index (χ0n) is 15.5. The summed E-state index contributed by atoms with van der Waals surface area (Å²) in [5, 5.41) is 3.18. The Morgan fingerprint density at radius 2 is 1.85 bits per heavy atom. The van der Waals surface area contributed by atoms with Crippen LogP contribution >= 0.6 is 0 Å². The molecule has 0 saturated carbocycles. The lowest BCUT2D eigenvalue weighted by molar-refractivity contribution is 0.816. The van der Waals surface area contributed by atoms with Gasteiger partial charge in [0.15, 0.2) is 0 Å². The lowest BCUT2D eigenvalue weighted by Crippen LogP contribution is -2.05. The predicted molar refractivity (Wildman–Crippen MR) is 108 cm³/mol. The number of nitrogens with one attached hydrogen (secondary N) is 1. The number of anilines is 1. The van der Waals surface area contributed by atoms with Crippen molar-refractivity contribution >= 4 is 11.6 Å². The zero-order valence-corrected chi connectivity index (χ0v) is 15.5. The number of nitrogens with two attached hydrogens (primary N) is 1. The van der Waals surface area contributed by atoms with Gasteiger partial charge in [-0.3, -0.25) is 4.40 Å². The quantitative estimate of drug-likeness (QED) is 0.572. The first-order chi connectivity index (χ1) is 13.2. The normalized spacial score (nSPS) is 11.2. The van der Waals surface area contributed by atoms with Crippen LogP contribution in [-0.2, 0) is 13.0 Å². The molecule has 6 nitrogen and oxygen atoms in total. The highest BCUT2D eigenvalue weighted by Gasteiger charge is 2.17. The van der Waals surface area contributed by atoms with Crippen molar-refractivity contribution in [2.24, 2.45) is 0 Å². The standard InChI is InChI=1S/C21H22N6/c1-3-14-4-6-16(7-5-14)19-20(17-8-10-24-21(22)25-17)27-11-9-15(13-23-2)12-18(27)26-19/h4-12,23H,3,13H2,1-2H3,(H2,22,24,25). The van der Waals surface area contributed by atoms with E-state index in [1.807, 2.05) is 19.3 Å². The minimum atomic E-state index is 0.251. The molecule has 0 aliphatic carbocycles. The Morgan fingerprint density at radius 3 is 2.56 bits per heavy atom. The van der Waals surface area contributed by atoms with Gasteiger partial charge in [-0.15, -0.1) is 0 Å². The van der Waals surface area contributed by atoms with E-state index in [2.05, 4.69) is 63.0 Å². The van der Waals surface area contributed by atoms with Gasteiger partial charge in [0.2, 0.25) is 5.95 Å². The van der Waals surface area contributed by atoms with E-state index in [9.17, 15) is 0 Å². The number of imidazole rings is 1. The van der Waals surface area contributed by atoms with Gasteiger partial charge < -0.3 is 11.1 Å². The summed E-state index contributed by atoms with van der Waals surface area (Å²) in [6.45, 7) is 2.94. The maximum atomic E-state index is 5.84. The van der Waals surface area contributed by atoms with Gasteiger partial charge in [0, 0.05) is 24.5 Å². The highest BCUT2D eigenvalue weighted by atomic mass is 15.1. The Labute approximate surface area is 158 Å². The number of hydrogen-bond donors (Lipinski definition) is 2. The van der Waals surface area contributed by atoms with Crippen molar-refractivity contribution in [1.29, 1.82) is 0 Å². The number of rotatable bonds is 5. The Kier molecular flexibility index (Phi) is 4.56. The van der Waals surface area contributed by atoms with E-state index < -0.39 is 0 Å². The van der Waals surface area contributed by atoms with Gasteiger partial charge in [0.25, 0.3) is 0 Å². The number of benzene rings is 1. The monoisotopic (exact) mass is 358 g/mol. The second kappa shape index (κ2) is 7.17. The molecule has 136 valence electrons. The van der Waals surface area contributed by atoms with Gasteiger partial charge in [-0.1, -0.05) is 31.2 Å². The van der Waals surface area contributed by atoms with Gasteiger partial charge >= 0.3 is 0 Å². The fraction of sp³-hybridized carbons (Fsp3) is 0.190. The van der Waals surface area contributed by atoms with Crippen molar-refractivity contribution in [1.82, 2.24) is 24.7 Å². The topological polar surface area (TPSA) is 81.1 Å². The van der Waals surface area contributed by atoms with Crippen molar-refractivity contribution < 1.29 is 0 Å². The number of fused-ring (bicyclic) bond motifs is 1. The first-order valence-electron chi connectivity index (χ1n) is 9.03. The third kappa shape index (κ3) is 3.27. The number of nitrogen functional groups attached to an aromatic ring is 1. The van der Waals surface area contributed by atoms with Gasteiger partial charge in [-0.05, 0) is 42.8 Å². The van der Waals surface area contributed by atoms with Crippen LogP contribution in [0.3, 0.4) is 0 Å². The average molecular weight is 358 g/mol. The van der Waals surface area contributed by atoms with E-state index >= 15 is 0 Å². The summed E-state index contributed by atoms with van der Waals surface area (Å²) in [7, 11) is 1.94. The summed E-state index contributed by atoms with van der Waals surface area (Å²) in [6.07, 6.45) is 4.72. The molecule has 3 heterocycles. The fourth-order valence-electron chi connectivity index (χ4n) is 3.25. The van der Waals surface area contributed by atoms with Crippen LogP contribution < -0.4 is 11.1 Å². The molecule has 4 rings (SSSR count). The maximum Gasteiger partial charge on any atom is 0.220 e. The molecule has 0 unspecified atom stereocenters. The second-order valence-electron chi connectivity index (χ2n) is 6.45. The molecule has 6 heteroatoms. The minimum absolute atomic E-state index is 0.251. The zero-order chi connectivity index (χ0) is 18.8. The third-order valence-corrected chi connectivity index (χ3v) is 4.62. The van der Waals surface area contributed by atoms with E-state index in [4.69, 9.17) is 10.7 Å². The van der Waals surface area contributed by atoms with E-state index in [-0.39, 0.29) is 5.95 Å². The fourth-order valence-corrected chi connectivity index (χ4v) is 3.25. The van der Waals surface area contributed by atoms with Gasteiger partial charge in [0.05, 0.1) is 17.1 Å². The number of pyridine rings is 1. The Bertz CT molecular complexity index is 1080. The Hall–Kier alpha value is -3.25. The number of hydrogen-bond acceptors (Lipinski definition) is 5. The van der Waals surface area contributed by atoms with Crippen LogP contribution in [0.4, 0.5) is 5.95 Å². The van der Waals surface area contributed by atoms with E-state index in [0.29, 0.717) is 0 Å². The largest absolute Gasteiger partial charge is 0.368 e. The van der Waals surface area contributed by atoms with E-state index in [0.717, 1.165) is 41.3 Å². The summed E-state index contributed by atoms with van der Waals surface area (Å²) in [6, 6.07) is 14.6. The molecule has 3 aromatic heterocycles. The molecule has 0 amide bonds. The predicted octanol–water partition coefficient (Wildman–Crippen LogP) is 3.32. The highest BCUT2D eigenvalue weighted by Crippen LogP contribution is 2.32. The molecule has 0 aliphatic rings. The van der Waals surface area contributed by atoms with Crippen molar-refractivity contribution in [3.8, 4) is 22.6 Å². The molecule has 3 N–H and O–H groups in total. The van der Waals surface area contributed by atoms with Gasteiger partial charge in [-0.2, -0.15) is 0 Å². The summed E-state index contributed by atoms with van der Waals surface area (Å²) in [5.41, 5.74) is 12.8. The van der Waals surface area contributed by atoms with Crippen LogP contribution in [-0.4, -0.2) is 26.4 Å². The number of nitrogens with zero attached hydrogens (tertiary/aromatic N) is 4. The van der Waals surface area contributed by atoms with Gasteiger partial charge in [-0.25, -0.2) is 15.0 Å². The first-order valence-corrected chi connectivity index (χ1v) is 9.03. The highest BCUT2D eigenvalue weighted by molar-refractivity contribution is 5.80. The van der Waals surface area contributed by atoms with Crippen molar-refractivity contribution in [3.05, 3.63) is 66.0 Å². The molecule has 0 bridgehead atoms. The molecule has 0 atom stereocenters. The molecule has 1 aromatic carbocycles. The van der Waals surface area contributed by atoms with E-state index in [1.165, 1.54) is 11.1 Å². The molecule has 0 radical (unpaired) electrons. The number of aromatic nitrogens is 4. The molecule has 4 aromatic rings. The summed E-state index contributed by atoms with van der Waals surface area (Å²) in [5.74, 6) is 0.251. The molecular weight excluding hydrogens is 336 g/mol. The van der Waals surface area contributed by atoms with E-state index in [1.54, 1.807) is 6.20 Å². The molecule has 0 fully saturated rings.